The van der Waals surface area contributed by atoms with E-state index in [9.17, 15) is 9.59 Å². The Balaban J connectivity index is 1.88. The molecule has 1 saturated heterocycles. The highest BCUT2D eigenvalue weighted by molar-refractivity contribution is 6.52. The van der Waals surface area contributed by atoms with Gasteiger partial charge in [0.2, 0.25) is 0 Å². The summed E-state index contributed by atoms with van der Waals surface area (Å²) in [5.74, 6) is -0.841. The first-order valence-electron chi connectivity index (χ1n) is 7.09. The van der Waals surface area contributed by atoms with Crippen LogP contribution in [0.3, 0.4) is 0 Å². The fraction of sp³-hybridized carbons (Fsp3) is 0.333. The lowest BCUT2D eigenvalue weighted by atomic mass is 10.2. The number of anilines is 1. The molecule has 5 nitrogen and oxygen atoms in total. The van der Waals surface area contributed by atoms with E-state index in [1.165, 1.54) is 4.90 Å². The van der Waals surface area contributed by atoms with Crippen LogP contribution >= 0.6 is 23.2 Å². The topological polar surface area (TPSA) is 45.1 Å². The number of carbonyl (C=O) groups is 2. The molecule has 1 N–H and O–H groups in total. The number of carbonyl (C=O) groups excluding carboxylic acids is 2. The Hall–Kier alpha value is -1.56. The lowest BCUT2D eigenvalue weighted by Gasteiger charge is -2.31. The Labute approximate surface area is 138 Å². The van der Waals surface area contributed by atoms with Crippen molar-refractivity contribution in [1.29, 1.82) is 0 Å². The van der Waals surface area contributed by atoms with Gasteiger partial charge in [0.05, 0.1) is 38.9 Å². The van der Waals surface area contributed by atoms with Crippen molar-refractivity contribution in [3.63, 3.8) is 0 Å². The van der Waals surface area contributed by atoms with Crippen LogP contribution in [0.5, 0.6) is 0 Å². The van der Waals surface area contributed by atoms with Crippen molar-refractivity contribution in [1.82, 2.24) is 4.90 Å². The first-order valence-corrected chi connectivity index (χ1v) is 7.85. The molecule has 22 heavy (non-hydrogen) atoms. The van der Waals surface area contributed by atoms with Gasteiger partial charge in [0.15, 0.2) is 0 Å². The van der Waals surface area contributed by atoms with Crippen LogP contribution in [0.1, 0.15) is 0 Å². The highest BCUT2D eigenvalue weighted by Crippen LogP contribution is 2.31. The van der Waals surface area contributed by atoms with Gasteiger partial charge in [-0.25, -0.2) is 4.90 Å². The van der Waals surface area contributed by atoms with E-state index < -0.39 is 5.91 Å². The van der Waals surface area contributed by atoms with E-state index in [1.54, 1.807) is 24.3 Å². The largest absolute Gasteiger partial charge is 0.354 e. The summed E-state index contributed by atoms with van der Waals surface area (Å²) in [6.07, 6.45) is 0. The molecule has 1 aromatic rings. The number of nitrogens with one attached hydrogen (secondary N) is 1. The number of benzene rings is 1. The third-order valence-corrected chi connectivity index (χ3v) is 4.62. The molecule has 0 atom stereocenters. The standard InChI is InChI=1S/C15H15Cl2N3O2/c1-18-6-8-19(9-7-18)13-12(17)14(21)20(15(13)22)11-4-2-10(16)3-5-11/h2-5H,6-9H2,1H3/p+1. The van der Waals surface area contributed by atoms with Crippen LogP contribution in [0.25, 0.3) is 0 Å². The monoisotopic (exact) mass is 340 g/mol. The van der Waals surface area contributed by atoms with Crippen molar-refractivity contribution in [3.8, 4) is 0 Å². The second-order valence-electron chi connectivity index (χ2n) is 5.53. The van der Waals surface area contributed by atoms with Crippen LogP contribution in [0.15, 0.2) is 35.0 Å². The molecule has 2 aliphatic rings. The van der Waals surface area contributed by atoms with Gasteiger partial charge in [-0.1, -0.05) is 23.2 Å². The zero-order chi connectivity index (χ0) is 15.9. The smallest absolute Gasteiger partial charge is 0.283 e. The van der Waals surface area contributed by atoms with Crippen LogP contribution in [-0.4, -0.2) is 49.9 Å². The van der Waals surface area contributed by atoms with Crippen molar-refractivity contribution in [2.75, 3.05) is 38.1 Å². The molecule has 3 rings (SSSR count). The first-order chi connectivity index (χ1) is 10.5. The lowest BCUT2D eigenvalue weighted by Crippen LogP contribution is -3.11. The second-order valence-corrected chi connectivity index (χ2v) is 6.34. The Morgan fingerprint density at radius 1 is 1.00 bits per heavy atom. The normalized spacial score (nSPS) is 20.3. The van der Waals surface area contributed by atoms with Gasteiger partial charge in [0, 0.05) is 5.02 Å². The zero-order valence-corrected chi connectivity index (χ0v) is 13.6. The number of hydrogen-bond donors (Lipinski definition) is 1. The third kappa shape index (κ3) is 2.60. The maximum Gasteiger partial charge on any atom is 0.283 e. The molecule has 7 heteroatoms. The van der Waals surface area contributed by atoms with Crippen LogP contribution in [0.2, 0.25) is 5.02 Å². The van der Waals surface area contributed by atoms with Crippen LogP contribution in [0, 0.1) is 0 Å². The Kier molecular flexibility index (Phi) is 4.12. The van der Waals surface area contributed by atoms with E-state index in [2.05, 4.69) is 7.05 Å². The third-order valence-electron chi connectivity index (χ3n) is 4.02. The van der Waals surface area contributed by atoms with Gasteiger partial charge in [-0.3, -0.25) is 9.59 Å². The van der Waals surface area contributed by atoms with E-state index in [4.69, 9.17) is 23.2 Å². The minimum absolute atomic E-state index is 0.000460. The Morgan fingerprint density at radius 2 is 1.59 bits per heavy atom. The van der Waals surface area contributed by atoms with Crippen molar-refractivity contribution < 1.29 is 14.5 Å². The number of nitrogens with zero attached hydrogens (tertiary/aromatic N) is 2. The average molecular weight is 341 g/mol. The molecule has 2 amide bonds. The Bertz CT molecular complexity index is 649. The zero-order valence-electron chi connectivity index (χ0n) is 12.1. The van der Waals surface area contributed by atoms with Gasteiger partial charge in [-0.2, -0.15) is 0 Å². The van der Waals surface area contributed by atoms with Gasteiger partial charge >= 0.3 is 0 Å². The maximum atomic E-state index is 12.7. The molecule has 0 spiro atoms. The van der Waals surface area contributed by atoms with Crippen molar-refractivity contribution in [2.45, 2.75) is 0 Å². The quantitative estimate of drug-likeness (QED) is 0.797. The predicted molar refractivity (Wildman–Crippen MR) is 85.0 cm³/mol. The minimum Gasteiger partial charge on any atom is -0.354 e. The molecule has 0 aromatic heterocycles. The van der Waals surface area contributed by atoms with E-state index in [1.807, 2.05) is 4.90 Å². The SMILES string of the molecule is C[NH+]1CCN(C2=C(Cl)C(=O)N(c3ccc(Cl)cc3)C2=O)CC1. The Morgan fingerprint density at radius 3 is 2.18 bits per heavy atom. The average Bonchev–Trinajstić information content (AvgIpc) is 2.72. The summed E-state index contributed by atoms with van der Waals surface area (Å²) in [6.45, 7) is 3.25. The molecule has 1 fully saturated rings. The number of likely N-dealkylation sites (N-methyl/N-ethyl adjacent to an activating group) is 1. The molecule has 0 aliphatic carbocycles. The number of quaternary nitrogens is 1. The summed E-state index contributed by atoms with van der Waals surface area (Å²) in [6, 6.07) is 6.56. The van der Waals surface area contributed by atoms with Crippen molar-refractivity contribution in [2.24, 2.45) is 0 Å². The number of piperazine rings is 1. The van der Waals surface area contributed by atoms with Gasteiger partial charge in [-0.05, 0) is 24.3 Å². The van der Waals surface area contributed by atoms with E-state index in [0.717, 1.165) is 18.0 Å². The molecular weight excluding hydrogens is 325 g/mol. The predicted octanol–water partition coefficient (Wildman–Crippen LogP) is 0.494. The highest BCUT2D eigenvalue weighted by Gasteiger charge is 2.42. The summed E-state index contributed by atoms with van der Waals surface area (Å²) in [5.41, 5.74) is 0.793. The molecule has 2 heterocycles. The molecule has 0 radical (unpaired) electrons. The van der Waals surface area contributed by atoms with Crippen LogP contribution in [-0.2, 0) is 9.59 Å². The van der Waals surface area contributed by atoms with Gasteiger partial charge in [-0.15, -0.1) is 0 Å². The van der Waals surface area contributed by atoms with Crippen LogP contribution in [0.4, 0.5) is 5.69 Å². The van der Waals surface area contributed by atoms with Crippen molar-refractivity contribution in [3.05, 3.63) is 40.0 Å². The van der Waals surface area contributed by atoms with Gasteiger partial charge in [0.1, 0.15) is 10.7 Å². The molecule has 2 aliphatic heterocycles. The summed E-state index contributed by atoms with van der Waals surface area (Å²) < 4.78 is 0. The van der Waals surface area contributed by atoms with E-state index in [-0.39, 0.29) is 10.9 Å². The van der Waals surface area contributed by atoms with Gasteiger partial charge in [0.25, 0.3) is 11.8 Å². The fourth-order valence-corrected chi connectivity index (χ4v) is 3.11. The summed E-state index contributed by atoms with van der Waals surface area (Å²) in [7, 11) is 2.11. The molecule has 0 unspecified atom stereocenters. The number of imide groups is 1. The summed E-state index contributed by atoms with van der Waals surface area (Å²) in [4.78, 5) is 29.5. The fourth-order valence-electron chi connectivity index (χ4n) is 2.70. The number of hydrogen-bond acceptors (Lipinski definition) is 3. The molecular formula is C15H16Cl2N3O2+. The highest BCUT2D eigenvalue weighted by atomic mass is 35.5. The minimum atomic E-state index is -0.477. The van der Waals surface area contributed by atoms with Gasteiger partial charge < -0.3 is 9.80 Å². The number of amides is 2. The van der Waals surface area contributed by atoms with E-state index >= 15 is 0 Å². The molecule has 0 saturated carbocycles. The number of rotatable bonds is 2. The van der Waals surface area contributed by atoms with E-state index in [0.29, 0.717) is 29.5 Å². The van der Waals surface area contributed by atoms with Crippen molar-refractivity contribution >= 4 is 40.7 Å². The molecule has 116 valence electrons. The maximum absolute atomic E-state index is 12.7. The first kappa shape index (κ1) is 15.3. The summed E-state index contributed by atoms with van der Waals surface area (Å²) in [5, 5.41) is 0.545. The second kappa shape index (κ2) is 5.91. The van der Waals surface area contributed by atoms with Crippen LogP contribution < -0.4 is 9.80 Å². The summed E-state index contributed by atoms with van der Waals surface area (Å²) >= 11 is 12.0. The molecule has 1 aromatic carbocycles. The number of halogens is 2. The lowest BCUT2D eigenvalue weighted by molar-refractivity contribution is -0.883. The molecule has 0 bridgehead atoms.